The van der Waals surface area contributed by atoms with Gasteiger partial charge < -0.3 is 4.74 Å². The molecule has 1 aliphatic heterocycles. The second kappa shape index (κ2) is 4.22. The molecule has 0 bridgehead atoms. The lowest BCUT2D eigenvalue weighted by Crippen LogP contribution is -2.50. The van der Waals surface area contributed by atoms with Gasteiger partial charge in [-0.15, -0.1) is 0 Å². The minimum Gasteiger partial charge on any atom is -0.377 e. The van der Waals surface area contributed by atoms with Crippen molar-refractivity contribution in [2.45, 2.75) is 52.9 Å². The fourth-order valence-electron chi connectivity index (χ4n) is 5.97. The molecule has 4 rings (SSSR count). The highest BCUT2D eigenvalue weighted by molar-refractivity contribution is 5.28. The maximum atomic E-state index is 5.73. The van der Waals surface area contributed by atoms with Gasteiger partial charge in [0.1, 0.15) is 0 Å². The van der Waals surface area contributed by atoms with E-state index in [1.807, 2.05) is 0 Å². The molecule has 1 heterocycles. The predicted octanol–water partition coefficient (Wildman–Crippen LogP) is 4.74. The van der Waals surface area contributed by atoms with Crippen molar-refractivity contribution >= 4 is 0 Å². The molecule has 1 heteroatoms. The van der Waals surface area contributed by atoms with Crippen LogP contribution in [0.25, 0.3) is 0 Å². The average Bonchev–Trinajstić information content (AvgIpc) is 2.74. The second-order valence-electron chi connectivity index (χ2n) is 8.14. The molecule has 0 spiro atoms. The van der Waals surface area contributed by atoms with Crippen molar-refractivity contribution < 1.29 is 4.74 Å². The van der Waals surface area contributed by atoms with E-state index in [0.29, 0.717) is 10.8 Å². The highest BCUT2D eigenvalue weighted by Crippen LogP contribution is 2.63. The van der Waals surface area contributed by atoms with E-state index in [2.05, 4.69) is 32.9 Å². The highest BCUT2D eigenvalue weighted by Gasteiger charge is 2.55. The van der Waals surface area contributed by atoms with Crippen LogP contribution in [0.4, 0.5) is 0 Å². The summed E-state index contributed by atoms with van der Waals surface area (Å²) in [6, 6.07) is 0. The van der Waals surface area contributed by atoms with E-state index in [9.17, 15) is 0 Å². The van der Waals surface area contributed by atoms with Crippen molar-refractivity contribution in [2.24, 2.45) is 28.6 Å². The minimum atomic E-state index is 0.443. The summed E-state index contributed by atoms with van der Waals surface area (Å²) in [6.07, 6.45) is 11.8. The zero-order valence-corrected chi connectivity index (χ0v) is 13.2. The highest BCUT2D eigenvalue weighted by atomic mass is 16.5. The van der Waals surface area contributed by atoms with Gasteiger partial charge in [-0.1, -0.05) is 31.6 Å². The van der Waals surface area contributed by atoms with Crippen molar-refractivity contribution in [3.05, 3.63) is 23.3 Å². The van der Waals surface area contributed by atoms with Gasteiger partial charge in [0, 0.05) is 6.61 Å². The first-order chi connectivity index (χ1) is 9.56. The summed E-state index contributed by atoms with van der Waals surface area (Å²) in [6.45, 7) is 9.32. The predicted molar refractivity (Wildman–Crippen MR) is 82.4 cm³/mol. The van der Waals surface area contributed by atoms with Gasteiger partial charge >= 0.3 is 0 Å². The second-order valence-corrected chi connectivity index (χ2v) is 8.14. The average molecular weight is 272 g/mol. The van der Waals surface area contributed by atoms with Gasteiger partial charge in [-0.05, 0) is 73.2 Å². The standard InChI is InChI=1S/C19H28O/c1-13-4-7-16-15-6-5-14-12-20-11-10-19(14,3)17(15)8-9-18(13,16)2/h4-5,15-17H,6-12H2,1-3H3/t15-,16-,17-,18+,19-/m0/s1. The summed E-state index contributed by atoms with van der Waals surface area (Å²) in [5, 5.41) is 0. The van der Waals surface area contributed by atoms with Crippen molar-refractivity contribution in [1.82, 2.24) is 0 Å². The van der Waals surface area contributed by atoms with Crippen LogP contribution in [0.5, 0.6) is 0 Å². The molecule has 5 atom stereocenters. The normalized spacial score (nSPS) is 50.6. The fraction of sp³-hybridized carbons (Fsp3) is 0.789. The van der Waals surface area contributed by atoms with Crippen LogP contribution in [0.2, 0.25) is 0 Å². The van der Waals surface area contributed by atoms with Gasteiger partial charge in [0.25, 0.3) is 0 Å². The first-order valence-corrected chi connectivity index (χ1v) is 8.50. The molecule has 3 aliphatic carbocycles. The van der Waals surface area contributed by atoms with Crippen molar-refractivity contribution in [3.63, 3.8) is 0 Å². The molecule has 0 amide bonds. The zero-order valence-electron chi connectivity index (χ0n) is 13.2. The Balaban J connectivity index is 1.70. The number of rotatable bonds is 0. The molecule has 1 saturated heterocycles. The van der Waals surface area contributed by atoms with Crippen LogP contribution in [0.1, 0.15) is 52.9 Å². The van der Waals surface area contributed by atoms with Crippen LogP contribution in [0, 0.1) is 28.6 Å². The molecule has 20 heavy (non-hydrogen) atoms. The van der Waals surface area contributed by atoms with E-state index in [4.69, 9.17) is 4.74 Å². The quantitative estimate of drug-likeness (QED) is 0.579. The van der Waals surface area contributed by atoms with E-state index in [0.717, 1.165) is 31.0 Å². The molecule has 1 saturated carbocycles. The number of allylic oxidation sites excluding steroid dienone is 3. The molecule has 0 aromatic heterocycles. The van der Waals surface area contributed by atoms with E-state index < -0.39 is 0 Å². The number of fused-ring (bicyclic) bond motifs is 5. The zero-order chi connectivity index (χ0) is 14.0. The van der Waals surface area contributed by atoms with Crippen molar-refractivity contribution in [2.75, 3.05) is 13.2 Å². The van der Waals surface area contributed by atoms with Crippen LogP contribution in [0.3, 0.4) is 0 Å². The summed E-state index contributed by atoms with van der Waals surface area (Å²) >= 11 is 0. The third-order valence-electron chi connectivity index (χ3n) is 7.62. The largest absolute Gasteiger partial charge is 0.377 e. The molecule has 0 radical (unpaired) electrons. The fourth-order valence-corrected chi connectivity index (χ4v) is 5.97. The Bertz CT molecular complexity index is 488. The Hall–Kier alpha value is -0.560. The van der Waals surface area contributed by atoms with Gasteiger partial charge in [0.15, 0.2) is 0 Å². The van der Waals surface area contributed by atoms with Crippen LogP contribution in [0.15, 0.2) is 23.3 Å². The molecule has 0 aromatic rings. The van der Waals surface area contributed by atoms with E-state index >= 15 is 0 Å². The molecule has 0 N–H and O–H groups in total. The first-order valence-electron chi connectivity index (χ1n) is 8.50. The van der Waals surface area contributed by atoms with E-state index in [1.165, 1.54) is 32.1 Å². The van der Waals surface area contributed by atoms with Crippen molar-refractivity contribution in [1.29, 1.82) is 0 Å². The number of hydrogen-bond donors (Lipinski definition) is 0. The summed E-state index contributed by atoms with van der Waals surface area (Å²) in [7, 11) is 0. The van der Waals surface area contributed by atoms with Crippen LogP contribution in [-0.2, 0) is 4.74 Å². The Morgan fingerprint density at radius 3 is 2.75 bits per heavy atom. The number of ether oxygens (including phenoxy) is 1. The molecule has 0 aromatic carbocycles. The van der Waals surface area contributed by atoms with Gasteiger partial charge in [-0.3, -0.25) is 0 Å². The van der Waals surface area contributed by atoms with Gasteiger partial charge in [-0.2, -0.15) is 0 Å². The van der Waals surface area contributed by atoms with Crippen molar-refractivity contribution in [3.8, 4) is 0 Å². The van der Waals surface area contributed by atoms with Crippen LogP contribution < -0.4 is 0 Å². The maximum absolute atomic E-state index is 5.73. The molecule has 1 nitrogen and oxygen atoms in total. The SMILES string of the molecule is CC1=CC[C@H]2[C@@H]3CC=C4COCC[C@]4(C)[C@H]3CC[C@]12C. The molecule has 110 valence electrons. The Morgan fingerprint density at radius 2 is 1.90 bits per heavy atom. The Labute approximate surface area is 123 Å². The lowest BCUT2D eigenvalue weighted by atomic mass is 9.49. The third kappa shape index (κ3) is 1.53. The lowest BCUT2D eigenvalue weighted by molar-refractivity contribution is -0.0446. The van der Waals surface area contributed by atoms with E-state index in [1.54, 1.807) is 11.1 Å². The smallest absolute Gasteiger partial charge is 0.0682 e. The monoisotopic (exact) mass is 272 g/mol. The van der Waals surface area contributed by atoms with Gasteiger partial charge in [0.05, 0.1) is 6.61 Å². The summed E-state index contributed by atoms with van der Waals surface area (Å²) < 4.78 is 5.73. The lowest BCUT2D eigenvalue weighted by Gasteiger charge is -2.57. The molecular weight excluding hydrogens is 244 g/mol. The topological polar surface area (TPSA) is 9.23 Å². The Kier molecular flexibility index (Phi) is 2.77. The summed E-state index contributed by atoms with van der Waals surface area (Å²) in [5.41, 5.74) is 4.25. The van der Waals surface area contributed by atoms with Gasteiger partial charge in [-0.25, -0.2) is 0 Å². The molecule has 2 fully saturated rings. The maximum Gasteiger partial charge on any atom is 0.0682 e. The first kappa shape index (κ1) is 13.1. The summed E-state index contributed by atoms with van der Waals surface area (Å²) in [5.74, 6) is 2.72. The third-order valence-corrected chi connectivity index (χ3v) is 7.62. The van der Waals surface area contributed by atoms with Gasteiger partial charge in [0.2, 0.25) is 0 Å². The van der Waals surface area contributed by atoms with Crippen LogP contribution in [-0.4, -0.2) is 13.2 Å². The molecular formula is C19H28O. The molecule has 0 unspecified atom stereocenters. The Morgan fingerprint density at radius 1 is 1.05 bits per heavy atom. The molecule has 4 aliphatic rings. The number of hydrogen-bond acceptors (Lipinski definition) is 1. The minimum absolute atomic E-state index is 0.443. The summed E-state index contributed by atoms with van der Waals surface area (Å²) in [4.78, 5) is 0. The van der Waals surface area contributed by atoms with E-state index in [-0.39, 0.29) is 0 Å². The van der Waals surface area contributed by atoms with Crippen LogP contribution >= 0.6 is 0 Å².